The molecule has 35 heavy (non-hydrogen) atoms. The fourth-order valence-electron chi connectivity index (χ4n) is 5.63. The predicted molar refractivity (Wildman–Crippen MR) is 134 cm³/mol. The summed E-state index contributed by atoms with van der Waals surface area (Å²) in [5.74, 6) is 0.869. The van der Waals surface area contributed by atoms with Crippen molar-refractivity contribution in [1.82, 2.24) is 19.3 Å². The zero-order chi connectivity index (χ0) is 23.8. The van der Waals surface area contributed by atoms with Gasteiger partial charge in [0.25, 0.3) is 5.91 Å². The Morgan fingerprint density at radius 1 is 0.943 bits per heavy atom. The van der Waals surface area contributed by atoms with Crippen LogP contribution in [0.15, 0.2) is 79.3 Å². The number of carbonyl (C=O) groups excluding carboxylic acids is 2. The van der Waals surface area contributed by atoms with Crippen molar-refractivity contribution < 1.29 is 9.59 Å². The van der Waals surface area contributed by atoms with E-state index in [9.17, 15) is 9.59 Å². The van der Waals surface area contributed by atoms with Crippen molar-refractivity contribution in [3.05, 3.63) is 84.8 Å². The zero-order valence-electron chi connectivity index (χ0n) is 19.4. The molecule has 2 aromatic carbocycles. The van der Waals surface area contributed by atoms with Gasteiger partial charge in [-0.1, -0.05) is 43.2 Å². The molecule has 1 N–H and O–H groups in total. The number of hydrogen-bond donors (Lipinski definition) is 1. The number of benzene rings is 2. The van der Waals surface area contributed by atoms with E-state index in [0.29, 0.717) is 22.9 Å². The molecule has 1 saturated heterocycles. The Morgan fingerprint density at radius 3 is 2.54 bits per heavy atom. The average molecular weight is 466 g/mol. The summed E-state index contributed by atoms with van der Waals surface area (Å²) in [5.41, 5.74) is 3.12. The summed E-state index contributed by atoms with van der Waals surface area (Å²) in [6.07, 6.45) is 10.6. The van der Waals surface area contributed by atoms with E-state index in [1.54, 1.807) is 6.20 Å². The minimum atomic E-state index is -0.458. The Bertz CT molecular complexity index is 1330. The highest BCUT2D eigenvalue weighted by molar-refractivity contribution is 6.02. The first kappa shape index (κ1) is 21.5. The first-order chi connectivity index (χ1) is 17.2. The summed E-state index contributed by atoms with van der Waals surface area (Å²) in [6.45, 7) is 0. The number of anilines is 1. The quantitative estimate of drug-likeness (QED) is 0.469. The lowest BCUT2D eigenvalue weighted by Gasteiger charge is -2.33. The van der Waals surface area contributed by atoms with Gasteiger partial charge in [0.15, 0.2) is 0 Å². The Morgan fingerprint density at radius 2 is 1.74 bits per heavy atom. The van der Waals surface area contributed by atoms with Gasteiger partial charge in [0.2, 0.25) is 11.7 Å². The second-order valence-electron chi connectivity index (χ2n) is 9.46. The van der Waals surface area contributed by atoms with Crippen LogP contribution in [0.1, 0.15) is 42.5 Å². The molecular weight excluding hydrogens is 438 g/mol. The fourth-order valence-corrected chi connectivity index (χ4v) is 5.63. The first-order valence-electron chi connectivity index (χ1n) is 12.3. The van der Waals surface area contributed by atoms with Crippen LogP contribution in [0.25, 0.3) is 17.0 Å². The van der Waals surface area contributed by atoms with Gasteiger partial charge in [-0.15, -0.1) is 0 Å². The van der Waals surface area contributed by atoms with Crippen LogP contribution in [-0.4, -0.2) is 43.2 Å². The molecule has 6 rings (SSSR count). The van der Waals surface area contributed by atoms with Gasteiger partial charge in [-0.05, 0) is 55.5 Å². The molecule has 1 aliphatic carbocycles. The van der Waals surface area contributed by atoms with Gasteiger partial charge in [0.1, 0.15) is 6.04 Å². The summed E-state index contributed by atoms with van der Waals surface area (Å²) in [4.78, 5) is 37.6. The lowest BCUT2D eigenvalue weighted by atomic mass is 9.84. The number of likely N-dealkylation sites (tertiary alicyclic amines) is 1. The minimum absolute atomic E-state index is 0.0454. The van der Waals surface area contributed by atoms with Gasteiger partial charge in [-0.25, -0.2) is 9.97 Å². The maximum Gasteiger partial charge on any atom is 0.254 e. The molecule has 0 radical (unpaired) electrons. The van der Waals surface area contributed by atoms with E-state index in [2.05, 4.69) is 15.3 Å². The topological polar surface area (TPSA) is 79.6 Å². The summed E-state index contributed by atoms with van der Waals surface area (Å²) < 4.78 is 1.88. The van der Waals surface area contributed by atoms with Crippen molar-refractivity contribution in [2.24, 2.45) is 5.92 Å². The molecule has 3 unspecified atom stereocenters. The molecule has 3 heterocycles. The molecule has 176 valence electrons. The van der Waals surface area contributed by atoms with E-state index < -0.39 is 6.04 Å². The average Bonchev–Trinajstić information content (AvgIpc) is 3.51. The van der Waals surface area contributed by atoms with E-state index in [4.69, 9.17) is 0 Å². The third kappa shape index (κ3) is 4.07. The van der Waals surface area contributed by atoms with Crippen molar-refractivity contribution in [3.8, 4) is 11.3 Å². The number of imidazole rings is 1. The lowest BCUT2D eigenvalue weighted by molar-refractivity contribution is -0.120. The smallest absolute Gasteiger partial charge is 0.254 e. The largest absolute Gasteiger partial charge is 0.324 e. The molecule has 2 fully saturated rings. The van der Waals surface area contributed by atoms with E-state index in [-0.39, 0.29) is 17.9 Å². The molecule has 0 spiro atoms. The van der Waals surface area contributed by atoms with Gasteiger partial charge < -0.3 is 10.2 Å². The summed E-state index contributed by atoms with van der Waals surface area (Å²) >= 11 is 0. The Kier molecular flexibility index (Phi) is 5.52. The SMILES string of the molecule is O=C(Nc1ccc(-c2cn3cccnc3n2)cc1)C1CC2CCCCC2N1C(=O)c1ccccc1. The lowest BCUT2D eigenvalue weighted by Crippen LogP contribution is -2.47. The Balaban J connectivity index is 1.22. The monoisotopic (exact) mass is 465 g/mol. The highest BCUT2D eigenvalue weighted by atomic mass is 16.2. The second kappa shape index (κ2) is 8.98. The maximum atomic E-state index is 13.5. The standard InChI is InChI=1S/C28H27N5O2/c34-26(30-22-13-11-19(12-14-22)23-18-32-16-6-15-29-28(32)31-23)25-17-21-9-4-5-10-24(21)33(25)27(35)20-7-2-1-3-8-20/h1-3,6-8,11-16,18,21,24-25H,4-5,9-10,17H2,(H,30,34). The van der Waals surface area contributed by atoms with E-state index in [1.165, 1.54) is 6.42 Å². The van der Waals surface area contributed by atoms with Crippen molar-refractivity contribution in [2.45, 2.75) is 44.2 Å². The number of amides is 2. The molecule has 2 amide bonds. The molecule has 3 atom stereocenters. The van der Waals surface area contributed by atoms with E-state index in [1.807, 2.05) is 82.4 Å². The number of fused-ring (bicyclic) bond motifs is 2. The van der Waals surface area contributed by atoms with Crippen molar-refractivity contribution in [3.63, 3.8) is 0 Å². The van der Waals surface area contributed by atoms with Crippen molar-refractivity contribution in [2.75, 3.05) is 5.32 Å². The first-order valence-corrected chi connectivity index (χ1v) is 12.3. The predicted octanol–water partition coefficient (Wildman–Crippen LogP) is 4.81. The highest BCUT2D eigenvalue weighted by Crippen LogP contribution is 2.41. The molecule has 7 nitrogen and oxygen atoms in total. The van der Waals surface area contributed by atoms with Crippen LogP contribution in [0.3, 0.4) is 0 Å². The fraction of sp³-hybridized carbons (Fsp3) is 0.286. The van der Waals surface area contributed by atoms with Crippen LogP contribution in [0.4, 0.5) is 5.69 Å². The van der Waals surface area contributed by atoms with E-state index >= 15 is 0 Å². The third-order valence-electron chi connectivity index (χ3n) is 7.33. The van der Waals surface area contributed by atoms with Crippen molar-refractivity contribution in [1.29, 1.82) is 0 Å². The minimum Gasteiger partial charge on any atom is -0.324 e. The van der Waals surface area contributed by atoms with Crippen LogP contribution in [0.2, 0.25) is 0 Å². The zero-order valence-corrected chi connectivity index (χ0v) is 19.4. The molecule has 0 bridgehead atoms. The van der Waals surface area contributed by atoms with Crippen LogP contribution >= 0.6 is 0 Å². The summed E-state index contributed by atoms with van der Waals surface area (Å²) in [6, 6.07) is 18.5. The molecule has 2 aliphatic rings. The van der Waals surface area contributed by atoms with Gasteiger partial charge in [0.05, 0.1) is 5.69 Å². The molecule has 2 aromatic heterocycles. The normalized spacial score (nSPS) is 21.6. The number of nitrogens with one attached hydrogen (secondary N) is 1. The maximum absolute atomic E-state index is 13.5. The summed E-state index contributed by atoms with van der Waals surface area (Å²) in [5, 5.41) is 3.06. The molecular formula is C28H27N5O2. The molecule has 7 heteroatoms. The number of carbonyl (C=O) groups is 2. The molecule has 1 aliphatic heterocycles. The Labute approximate surface area is 203 Å². The van der Waals surface area contributed by atoms with Crippen LogP contribution < -0.4 is 5.32 Å². The van der Waals surface area contributed by atoms with E-state index in [0.717, 1.165) is 36.9 Å². The number of aromatic nitrogens is 3. The highest BCUT2D eigenvalue weighted by Gasteiger charge is 2.47. The van der Waals surface area contributed by atoms with Gasteiger partial charge in [-0.3, -0.25) is 14.0 Å². The number of rotatable bonds is 4. The van der Waals surface area contributed by atoms with Gasteiger partial charge >= 0.3 is 0 Å². The number of nitrogens with zero attached hydrogens (tertiary/aromatic N) is 4. The summed E-state index contributed by atoms with van der Waals surface area (Å²) in [7, 11) is 0. The van der Waals surface area contributed by atoms with Crippen LogP contribution in [0, 0.1) is 5.92 Å². The number of hydrogen-bond acceptors (Lipinski definition) is 4. The third-order valence-corrected chi connectivity index (χ3v) is 7.33. The molecule has 4 aromatic rings. The molecule has 1 saturated carbocycles. The Hall–Kier alpha value is -4.00. The van der Waals surface area contributed by atoms with Gasteiger partial charge in [0, 0.05) is 41.4 Å². The van der Waals surface area contributed by atoms with Crippen molar-refractivity contribution >= 4 is 23.3 Å². The van der Waals surface area contributed by atoms with Gasteiger partial charge in [-0.2, -0.15) is 0 Å². The second-order valence-corrected chi connectivity index (χ2v) is 9.46. The van der Waals surface area contributed by atoms with Crippen LogP contribution in [-0.2, 0) is 4.79 Å². The van der Waals surface area contributed by atoms with Crippen LogP contribution in [0.5, 0.6) is 0 Å².